The zero-order valence-corrected chi connectivity index (χ0v) is 16.9. The lowest BCUT2D eigenvalue weighted by Crippen LogP contribution is -2.67. The summed E-state index contributed by atoms with van der Waals surface area (Å²) >= 11 is 0. The van der Waals surface area contributed by atoms with Crippen molar-refractivity contribution in [2.24, 2.45) is 0 Å². The Morgan fingerprint density at radius 1 is 0.792 bits per heavy atom. The number of amides is 2. The van der Waals surface area contributed by atoms with Gasteiger partial charge in [-0.1, -0.05) is 0 Å². The van der Waals surface area contributed by atoms with Gasteiger partial charge in [0.15, 0.2) is 0 Å². The van der Waals surface area contributed by atoms with Crippen LogP contribution in [0.1, 0.15) is 0 Å². The maximum atomic E-state index is 12.5. The Balaban J connectivity index is 5.37. The highest BCUT2D eigenvalue weighted by molar-refractivity contribution is 6.09. The Labute approximate surface area is 149 Å². The zero-order chi connectivity index (χ0) is 18.8. The molecule has 6 radical (unpaired) electrons. The van der Waals surface area contributed by atoms with Crippen molar-refractivity contribution < 1.29 is 33.2 Å². The molecule has 0 heterocycles. The van der Waals surface area contributed by atoms with Crippen LogP contribution in [0.2, 0.25) is 12.1 Å². The van der Waals surface area contributed by atoms with Crippen molar-refractivity contribution in [2.45, 2.75) is 36.1 Å². The average Bonchev–Trinajstić information content (AvgIpc) is 2.61. The standard InChI is InChI=1S/C13H26N2O7Si2/c1-17-9(7-23)12(19-3,20-4)14-11(16)15-13(21-5,22-6)10(8-24)18-2/h9-10H,7-8H2,1-6H3,(H2,14,15,16). The van der Waals surface area contributed by atoms with Gasteiger partial charge < -0.3 is 28.4 Å². The van der Waals surface area contributed by atoms with Crippen molar-refractivity contribution in [2.75, 3.05) is 42.7 Å². The van der Waals surface area contributed by atoms with Crippen molar-refractivity contribution in [1.29, 1.82) is 0 Å². The molecule has 0 saturated carbocycles. The smallest absolute Gasteiger partial charge is 0.323 e. The number of methoxy groups -OCH3 is 6. The minimum Gasteiger partial charge on any atom is -0.374 e. The van der Waals surface area contributed by atoms with Crippen LogP contribution in [0, 0.1) is 0 Å². The van der Waals surface area contributed by atoms with Gasteiger partial charge in [0.25, 0.3) is 11.8 Å². The van der Waals surface area contributed by atoms with Gasteiger partial charge in [0.2, 0.25) is 0 Å². The molecule has 0 aromatic heterocycles. The second-order valence-corrected chi connectivity index (χ2v) is 5.40. The van der Waals surface area contributed by atoms with Crippen LogP contribution < -0.4 is 10.6 Å². The molecule has 0 fully saturated rings. The maximum Gasteiger partial charge on any atom is 0.323 e. The summed E-state index contributed by atoms with van der Waals surface area (Å²) < 4.78 is 31.9. The van der Waals surface area contributed by atoms with E-state index in [1.54, 1.807) is 0 Å². The molecule has 0 aromatic rings. The molecule has 138 valence electrons. The van der Waals surface area contributed by atoms with Crippen LogP contribution in [-0.2, 0) is 28.4 Å². The fraction of sp³-hybridized carbons (Fsp3) is 0.923. The van der Waals surface area contributed by atoms with E-state index >= 15 is 0 Å². The van der Waals surface area contributed by atoms with E-state index in [-0.39, 0.29) is 0 Å². The Morgan fingerprint density at radius 2 is 1.08 bits per heavy atom. The van der Waals surface area contributed by atoms with Crippen molar-refractivity contribution in [1.82, 2.24) is 10.6 Å². The minimum atomic E-state index is -1.52. The summed E-state index contributed by atoms with van der Waals surface area (Å²) in [6.07, 6.45) is -1.24. The van der Waals surface area contributed by atoms with Gasteiger partial charge >= 0.3 is 6.03 Å². The maximum absolute atomic E-state index is 12.5. The van der Waals surface area contributed by atoms with Gasteiger partial charge in [-0.3, -0.25) is 10.6 Å². The van der Waals surface area contributed by atoms with E-state index in [1.165, 1.54) is 42.7 Å². The first-order chi connectivity index (χ1) is 11.4. The van der Waals surface area contributed by atoms with Crippen LogP contribution >= 0.6 is 0 Å². The molecular weight excluding hydrogens is 352 g/mol. The molecule has 2 unspecified atom stereocenters. The van der Waals surface area contributed by atoms with Crippen LogP contribution in [0.25, 0.3) is 0 Å². The summed E-state index contributed by atoms with van der Waals surface area (Å²) in [5.74, 6) is -3.05. The van der Waals surface area contributed by atoms with Crippen molar-refractivity contribution in [3.05, 3.63) is 0 Å². The van der Waals surface area contributed by atoms with Crippen LogP contribution in [0.15, 0.2) is 0 Å². The molecule has 0 bridgehead atoms. The highest BCUT2D eigenvalue weighted by Crippen LogP contribution is 2.21. The molecule has 0 spiro atoms. The van der Waals surface area contributed by atoms with Gasteiger partial charge in [-0.05, 0) is 12.1 Å². The summed E-state index contributed by atoms with van der Waals surface area (Å²) in [7, 11) is 15.1. The van der Waals surface area contributed by atoms with E-state index in [2.05, 4.69) is 31.1 Å². The first-order valence-electron chi connectivity index (χ1n) is 7.04. The van der Waals surface area contributed by atoms with Gasteiger partial charge in [0.05, 0.1) is 0 Å². The Kier molecular flexibility index (Phi) is 10.9. The summed E-state index contributed by atoms with van der Waals surface area (Å²) in [5, 5.41) is 5.15. The Bertz CT molecular complexity index is 328. The van der Waals surface area contributed by atoms with Gasteiger partial charge in [-0.15, -0.1) is 0 Å². The molecule has 2 N–H and O–H groups in total. The summed E-state index contributed by atoms with van der Waals surface area (Å²) in [6, 6.07) is 0.0201. The predicted octanol–water partition coefficient (Wildman–Crippen LogP) is -0.618. The van der Waals surface area contributed by atoms with Crippen molar-refractivity contribution in [3.63, 3.8) is 0 Å². The number of urea groups is 1. The fourth-order valence-electron chi connectivity index (χ4n) is 2.15. The van der Waals surface area contributed by atoms with Crippen LogP contribution in [0.5, 0.6) is 0 Å². The van der Waals surface area contributed by atoms with Crippen molar-refractivity contribution in [3.8, 4) is 0 Å². The number of ether oxygens (including phenoxy) is 6. The van der Waals surface area contributed by atoms with Crippen LogP contribution in [0.4, 0.5) is 4.79 Å². The molecule has 0 aliphatic heterocycles. The predicted molar refractivity (Wildman–Crippen MR) is 87.9 cm³/mol. The molecular formula is C13H26N2O7Si2. The molecule has 11 heteroatoms. The third-order valence-electron chi connectivity index (χ3n) is 3.58. The second-order valence-electron chi connectivity index (χ2n) is 4.59. The first-order valence-corrected chi connectivity index (χ1v) is 8.46. The van der Waals surface area contributed by atoms with Gasteiger partial charge in [0.1, 0.15) is 12.2 Å². The molecule has 2 amide bonds. The quantitative estimate of drug-likeness (QED) is 0.345. The highest BCUT2D eigenvalue weighted by Gasteiger charge is 2.45. The third-order valence-corrected chi connectivity index (χ3v) is 4.32. The number of nitrogens with one attached hydrogen (secondary N) is 2. The second kappa shape index (κ2) is 11.2. The van der Waals surface area contributed by atoms with E-state index in [9.17, 15) is 4.79 Å². The number of carbonyl (C=O) groups excluding carboxylic acids is 1. The largest absolute Gasteiger partial charge is 0.374 e. The van der Waals surface area contributed by atoms with Gasteiger partial charge in [-0.2, -0.15) is 0 Å². The molecule has 0 rings (SSSR count). The van der Waals surface area contributed by atoms with E-state index in [0.29, 0.717) is 12.1 Å². The molecule has 24 heavy (non-hydrogen) atoms. The van der Waals surface area contributed by atoms with Crippen molar-refractivity contribution >= 4 is 26.5 Å². The minimum absolute atomic E-state index is 0.347. The van der Waals surface area contributed by atoms with E-state index < -0.39 is 30.1 Å². The molecule has 0 saturated heterocycles. The SMILES string of the molecule is COC(C[Si])C(NC(=O)NC(OC)(OC)C(C[Si])OC)(OC)OC. The third kappa shape index (κ3) is 5.23. The van der Waals surface area contributed by atoms with Crippen LogP contribution in [0.3, 0.4) is 0 Å². The average molecular weight is 379 g/mol. The molecule has 0 aromatic carbocycles. The Hall–Kier alpha value is -0.536. The summed E-state index contributed by atoms with van der Waals surface area (Å²) in [5.41, 5.74) is 0. The molecule has 2 atom stereocenters. The zero-order valence-electron chi connectivity index (χ0n) is 14.9. The monoisotopic (exact) mass is 378 g/mol. The fourth-order valence-corrected chi connectivity index (χ4v) is 3.02. The molecule has 0 aliphatic carbocycles. The van der Waals surface area contributed by atoms with Crippen LogP contribution in [-0.4, -0.2) is 93.2 Å². The summed E-state index contributed by atoms with van der Waals surface area (Å²) in [6.45, 7) is 0. The molecule has 9 nitrogen and oxygen atoms in total. The van der Waals surface area contributed by atoms with E-state index in [4.69, 9.17) is 28.4 Å². The van der Waals surface area contributed by atoms with Gasteiger partial charge in [0, 0.05) is 63.1 Å². The lowest BCUT2D eigenvalue weighted by atomic mass is 10.2. The lowest BCUT2D eigenvalue weighted by Gasteiger charge is -2.40. The van der Waals surface area contributed by atoms with E-state index in [1.807, 2.05) is 0 Å². The topological polar surface area (TPSA) is 96.5 Å². The normalized spacial score (nSPS) is 15.0. The highest BCUT2D eigenvalue weighted by atomic mass is 28.1. The Morgan fingerprint density at radius 3 is 1.25 bits per heavy atom. The number of rotatable bonds is 12. The lowest BCUT2D eigenvalue weighted by molar-refractivity contribution is -0.281. The number of hydrogen-bond donors (Lipinski definition) is 2. The number of hydrogen-bond acceptors (Lipinski definition) is 7. The van der Waals surface area contributed by atoms with E-state index in [0.717, 1.165) is 0 Å². The van der Waals surface area contributed by atoms with Gasteiger partial charge in [-0.25, -0.2) is 4.79 Å². The first kappa shape index (κ1) is 23.5. The molecule has 0 aliphatic rings. The number of carbonyl (C=O) groups is 1. The summed E-state index contributed by atoms with van der Waals surface area (Å²) in [4.78, 5) is 12.5.